The molecule has 1 aromatic heterocycles. The molecule has 3 nitrogen and oxygen atoms in total. The lowest BCUT2D eigenvalue weighted by atomic mass is 10.1. The van der Waals surface area contributed by atoms with Crippen molar-refractivity contribution in [3.8, 4) is 6.07 Å². The molecule has 1 aliphatic rings. The van der Waals surface area contributed by atoms with Crippen molar-refractivity contribution in [2.24, 2.45) is 0 Å². The van der Waals surface area contributed by atoms with Crippen molar-refractivity contribution in [3.63, 3.8) is 0 Å². The Morgan fingerprint density at radius 1 is 1.33 bits per heavy atom. The Balaban J connectivity index is 2.17. The van der Waals surface area contributed by atoms with Gasteiger partial charge in [-0.25, -0.2) is 0 Å². The molecule has 1 heterocycles. The lowest BCUT2D eigenvalue weighted by molar-refractivity contribution is 0.404. The second-order valence-corrected chi connectivity index (χ2v) is 4.37. The standard InChI is InChI=1S/C12H17N3/c1-10-11(8-13)9-15(14-10)12-6-4-2-3-5-7-12/h9,12H,2-7H2,1H3. The molecule has 15 heavy (non-hydrogen) atoms. The Morgan fingerprint density at radius 2 is 2.00 bits per heavy atom. The van der Waals surface area contributed by atoms with E-state index in [1.54, 1.807) is 0 Å². The van der Waals surface area contributed by atoms with E-state index in [1.807, 2.05) is 17.8 Å². The van der Waals surface area contributed by atoms with Gasteiger partial charge >= 0.3 is 0 Å². The zero-order chi connectivity index (χ0) is 10.7. The third-order valence-corrected chi connectivity index (χ3v) is 3.24. The van der Waals surface area contributed by atoms with Crippen molar-refractivity contribution < 1.29 is 0 Å². The molecule has 0 bridgehead atoms. The molecule has 0 aliphatic heterocycles. The highest BCUT2D eigenvalue weighted by Crippen LogP contribution is 2.27. The van der Waals surface area contributed by atoms with Gasteiger partial charge in [0.05, 0.1) is 17.3 Å². The summed E-state index contributed by atoms with van der Waals surface area (Å²) in [4.78, 5) is 0. The van der Waals surface area contributed by atoms with Gasteiger partial charge in [0, 0.05) is 6.20 Å². The zero-order valence-electron chi connectivity index (χ0n) is 9.24. The van der Waals surface area contributed by atoms with E-state index < -0.39 is 0 Å². The fourth-order valence-electron chi connectivity index (χ4n) is 2.30. The third-order valence-electron chi connectivity index (χ3n) is 3.24. The Hall–Kier alpha value is -1.30. The van der Waals surface area contributed by atoms with E-state index in [9.17, 15) is 0 Å². The molecule has 3 heteroatoms. The van der Waals surface area contributed by atoms with E-state index in [1.165, 1.54) is 38.5 Å². The van der Waals surface area contributed by atoms with Gasteiger partial charge in [0.15, 0.2) is 0 Å². The van der Waals surface area contributed by atoms with Gasteiger partial charge in [-0.15, -0.1) is 0 Å². The highest BCUT2D eigenvalue weighted by Gasteiger charge is 2.16. The third kappa shape index (κ3) is 2.20. The Morgan fingerprint density at radius 3 is 2.53 bits per heavy atom. The molecule has 0 atom stereocenters. The van der Waals surface area contributed by atoms with Crippen molar-refractivity contribution in [1.82, 2.24) is 9.78 Å². The molecule has 0 aromatic carbocycles. The second-order valence-electron chi connectivity index (χ2n) is 4.37. The highest BCUT2D eigenvalue weighted by molar-refractivity contribution is 5.29. The average molecular weight is 203 g/mol. The van der Waals surface area contributed by atoms with E-state index in [0.717, 1.165) is 11.3 Å². The maximum atomic E-state index is 8.88. The van der Waals surface area contributed by atoms with E-state index in [0.29, 0.717) is 6.04 Å². The summed E-state index contributed by atoms with van der Waals surface area (Å²) in [6.07, 6.45) is 9.63. The number of aryl methyl sites for hydroxylation is 1. The molecule has 0 spiro atoms. The van der Waals surface area contributed by atoms with Gasteiger partial charge in [-0.1, -0.05) is 25.7 Å². The van der Waals surface area contributed by atoms with E-state index in [-0.39, 0.29) is 0 Å². The minimum atomic E-state index is 0.522. The van der Waals surface area contributed by atoms with Crippen molar-refractivity contribution >= 4 is 0 Å². The van der Waals surface area contributed by atoms with Gasteiger partial charge in [0.1, 0.15) is 6.07 Å². The number of nitriles is 1. The summed E-state index contributed by atoms with van der Waals surface area (Å²) in [6, 6.07) is 2.71. The van der Waals surface area contributed by atoms with Crippen molar-refractivity contribution in [3.05, 3.63) is 17.5 Å². The first kappa shape index (κ1) is 10.2. The van der Waals surface area contributed by atoms with Gasteiger partial charge in [-0.2, -0.15) is 10.4 Å². The maximum Gasteiger partial charge on any atom is 0.103 e. The van der Waals surface area contributed by atoms with Crippen molar-refractivity contribution in [1.29, 1.82) is 5.26 Å². The van der Waals surface area contributed by atoms with Crippen LogP contribution in [0.3, 0.4) is 0 Å². The minimum absolute atomic E-state index is 0.522. The van der Waals surface area contributed by atoms with Crippen LogP contribution in [-0.2, 0) is 0 Å². The predicted octanol–water partition coefficient (Wildman–Crippen LogP) is 2.96. The largest absolute Gasteiger partial charge is 0.268 e. The molecular weight excluding hydrogens is 186 g/mol. The van der Waals surface area contributed by atoms with Crippen molar-refractivity contribution in [2.45, 2.75) is 51.5 Å². The molecular formula is C12H17N3. The Labute approximate surface area is 90.7 Å². The normalized spacial score (nSPS) is 18.4. The summed E-state index contributed by atoms with van der Waals surface area (Å²) in [5.41, 5.74) is 1.58. The molecule has 80 valence electrons. The van der Waals surface area contributed by atoms with Crippen molar-refractivity contribution in [2.75, 3.05) is 0 Å². The molecule has 0 amide bonds. The lowest BCUT2D eigenvalue weighted by Crippen LogP contribution is -2.08. The molecule has 0 radical (unpaired) electrons. The summed E-state index contributed by atoms with van der Waals surface area (Å²) >= 11 is 0. The van der Waals surface area contributed by atoms with E-state index >= 15 is 0 Å². The smallest absolute Gasteiger partial charge is 0.103 e. The SMILES string of the molecule is Cc1nn(C2CCCCCC2)cc1C#N. The van der Waals surface area contributed by atoms with Gasteiger partial charge in [-0.05, 0) is 19.8 Å². The predicted molar refractivity (Wildman–Crippen MR) is 58.4 cm³/mol. The average Bonchev–Trinajstić information content (AvgIpc) is 2.48. The summed E-state index contributed by atoms with van der Waals surface area (Å²) in [5.74, 6) is 0. The zero-order valence-corrected chi connectivity index (χ0v) is 9.24. The maximum absolute atomic E-state index is 8.88. The van der Waals surface area contributed by atoms with E-state index in [4.69, 9.17) is 5.26 Å². The number of nitrogens with zero attached hydrogens (tertiary/aromatic N) is 3. The summed E-state index contributed by atoms with van der Waals surface area (Å²) in [7, 11) is 0. The van der Waals surface area contributed by atoms with Crippen LogP contribution in [0.15, 0.2) is 6.20 Å². The summed E-state index contributed by atoms with van der Waals surface area (Å²) in [5, 5.41) is 13.3. The van der Waals surface area contributed by atoms with Crippen LogP contribution in [0.1, 0.15) is 55.8 Å². The van der Waals surface area contributed by atoms with Crippen LogP contribution in [0.5, 0.6) is 0 Å². The van der Waals surface area contributed by atoms with Crippen LogP contribution in [0.2, 0.25) is 0 Å². The molecule has 0 N–H and O–H groups in total. The van der Waals surface area contributed by atoms with Crippen LogP contribution in [-0.4, -0.2) is 9.78 Å². The molecule has 2 rings (SSSR count). The second kappa shape index (κ2) is 4.48. The number of rotatable bonds is 1. The lowest BCUT2D eigenvalue weighted by Gasteiger charge is -2.13. The highest BCUT2D eigenvalue weighted by atomic mass is 15.3. The first-order valence-corrected chi connectivity index (χ1v) is 5.77. The summed E-state index contributed by atoms with van der Waals surface area (Å²) < 4.78 is 2.01. The first-order chi connectivity index (χ1) is 7.31. The molecule has 1 aliphatic carbocycles. The molecule has 1 saturated carbocycles. The van der Waals surface area contributed by atoms with Gasteiger partial charge in [-0.3, -0.25) is 4.68 Å². The monoisotopic (exact) mass is 203 g/mol. The van der Waals surface area contributed by atoms with Crippen LogP contribution < -0.4 is 0 Å². The molecule has 0 unspecified atom stereocenters. The fourth-order valence-corrected chi connectivity index (χ4v) is 2.30. The summed E-state index contributed by atoms with van der Waals surface area (Å²) in [6.45, 7) is 1.91. The molecule has 1 fully saturated rings. The van der Waals surface area contributed by atoms with Gasteiger partial charge in [0.25, 0.3) is 0 Å². The Kier molecular flexibility index (Phi) is 3.05. The van der Waals surface area contributed by atoms with Crippen LogP contribution in [0.4, 0.5) is 0 Å². The van der Waals surface area contributed by atoms with Gasteiger partial charge in [0.2, 0.25) is 0 Å². The topological polar surface area (TPSA) is 41.6 Å². The van der Waals surface area contributed by atoms with Gasteiger partial charge < -0.3 is 0 Å². The number of hydrogen-bond acceptors (Lipinski definition) is 2. The minimum Gasteiger partial charge on any atom is -0.268 e. The quantitative estimate of drug-likeness (QED) is 0.658. The van der Waals surface area contributed by atoms with Crippen LogP contribution in [0, 0.1) is 18.3 Å². The molecule has 0 saturated heterocycles. The molecule has 1 aromatic rings. The number of hydrogen-bond donors (Lipinski definition) is 0. The number of aromatic nitrogens is 2. The Bertz CT molecular complexity index is 365. The van der Waals surface area contributed by atoms with Crippen LogP contribution in [0.25, 0.3) is 0 Å². The first-order valence-electron chi connectivity index (χ1n) is 5.77. The fraction of sp³-hybridized carbons (Fsp3) is 0.667. The van der Waals surface area contributed by atoms with Crippen LogP contribution >= 0.6 is 0 Å². The van der Waals surface area contributed by atoms with E-state index in [2.05, 4.69) is 11.2 Å².